The molecule has 0 atom stereocenters. The van der Waals surface area contributed by atoms with E-state index in [2.05, 4.69) is 5.10 Å². The van der Waals surface area contributed by atoms with E-state index >= 15 is 4.39 Å². The van der Waals surface area contributed by atoms with Crippen molar-refractivity contribution in [1.29, 1.82) is 0 Å². The van der Waals surface area contributed by atoms with E-state index in [1.165, 1.54) is 4.68 Å². The van der Waals surface area contributed by atoms with Gasteiger partial charge in [-0.1, -0.05) is 81.4 Å². The van der Waals surface area contributed by atoms with Crippen LogP contribution in [0.1, 0.15) is 36.8 Å². The van der Waals surface area contributed by atoms with Crippen LogP contribution in [0.15, 0.2) is 60.7 Å². The SMILES string of the molecule is CC(C)(C)C(=O)n1nc(-c2ccccc2)c(F)c1CCc1ccccc1. The Kier molecular flexibility index (Phi) is 5.03. The number of rotatable bonds is 4. The van der Waals surface area contributed by atoms with Crippen molar-refractivity contribution in [3.05, 3.63) is 77.7 Å². The Labute approximate surface area is 153 Å². The quantitative estimate of drug-likeness (QED) is 0.651. The number of benzene rings is 2. The molecule has 0 aliphatic heterocycles. The van der Waals surface area contributed by atoms with Crippen molar-refractivity contribution in [2.45, 2.75) is 33.6 Å². The van der Waals surface area contributed by atoms with Gasteiger partial charge in [0.1, 0.15) is 5.69 Å². The number of carbonyl (C=O) groups is 1. The molecule has 0 N–H and O–H groups in total. The highest BCUT2D eigenvalue weighted by Crippen LogP contribution is 2.27. The Morgan fingerprint density at radius 1 is 0.962 bits per heavy atom. The lowest BCUT2D eigenvalue weighted by molar-refractivity contribution is 0.0744. The highest BCUT2D eigenvalue weighted by molar-refractivity contribution is 5.84. The molecule has 0 aliphatic rings. The maximum atomic E-state index is 15.2. The van der Waals surface area contributed by atoms with Crippen LogP contribution in [-0.2, 0) is 12.8 Å². The molecule has 134 valence electrons. The number of aryl methyl sites for hydroxylation is 1. The van der Waals surface area contributed by atoms with Gasteiger partial charge in [-0.15, -0.1) is 0 Å². The van der Waals surface area contributed by atoms with E-state index in [1.807, 2.05) is 69.3 Å². The number of nitrogens with zero attached hydrogens (tertiary/aromatic N) is 2. The van der Waals surface area contributed by atoms with Crippen molar-refractivity contribution in [2.24, 2.45) is 5.41 Å². The normalized spacial score (nSPS) is 11.5. The number of hydrogen-bond acceptors (Lipinski definition) is 2. The first-order valence-electron chi connectivity index (χ1n) is 8.79. The van der Waals surface area contributed by atoms with Gasteiger partial charge in [-0.05, 0) is 18.4 Å². The molecule has 2 aromatic carbocycles. The molecule has 3 nitrogen and oxygen atoms in total. The fourth-order valence-corrected chi connectivity index (χ4v) is 2.82. The van der Waals surface area contributed by atoms with Gasteiger partial charge in [-0.3, -0.25) is 4.79 Å². The van der Waals surface area contributed by atoms with E-state index in [0.717, 1.165) is 5.56 Å². The third-order valence-corrected chi connectivity index (χ3v) is 4.29. The first-order valence-corrected chi connectivity index (χ1v) is 8.79. The molecular weight excluding hydrogens is 327 g/mol. The summed E-state index contributed by atoms with van der Waals surface area (Å²) in [6.45, 7) is 5.45. The molecule has 3 rings (SSSR count). The van der Waals surface area contributed by atoms with Crippen LogP contribution in [0.2, 0.25) is 0 Å². The second-order valence-corrected chi connectivity index (χ2v) is 7.43. The number of hydrogen-bond donors (Lipinski definition) is 0. The zero-order valence-corrected chi connectivity index (χ0v) is 15.4. The zero-order chi connectivity index (χ0) is 18.7. The predicted molar refractivity (Wildman–Crippen MR) is 102 cm³/mol. The molecule has 0 bridgehead atoms. The maximum absolute atomic E-state index is 15.2. The van der Waals surface area contributed by atoms with Gasteiger partial charge in [0, 0.05) is 11.0 Å². The lowest BCUT2D eigenvalue weighted by Gasteiger charge is -2.17. The first kappa shape index (κ1) is 18.1. The van der Waals surface area contributed by atoms with Gasteiger partial charge >= 0.3 is 0 Å². The monoisotopic (exact) mass is 350 g/mol. The van der Waals surface area contributed by atoms with Gasteiger partial charge in [0.2, 0.25) is 0 Å². The summed E-state index contributed by atoms with van der Waals surface area (Å²) in [5.74, 6) is -0.619. The summed E-state index contributed by atoms with van der Waals surface area (Å²) in [6.07, 6.45) is 1.06. The average molecular weight is 350 g/mol. The summed E-state index contributed by atoms with van der Waals surface area (Å²) < 4.78 is 16.5. The molecule has 0 saturated carbocycles. The molecule has 0 unspecified atom stereocenters. The van der Waals surface area contributed by atoms with E-state index < -0.39 is 11.2 Å². The van der Waals surface area contributed by atoms with Crippen molar-refractivity contribution < 1.29 is 9.18 Å². The second kappa shape index (κ2) is 7.24. The van der Waals surface area contributed by atoms with E-state index in [1.54, 1.807) is 12.1 Å². The summed E-state index contributed by atoms with van der Waals surface area (Å²) in [6, 6.07) is 19.0. The molecule has 1 aromatic heterocycles. The minimum atomic E-state index is -0.645. The molecule has 1 heterocycles. The minimum Gasteiger partial charge on any atom is -0.272 e. The first-order chi connectivity index (χ1) is 12.4. The molecule has 0 fully saturated rings. The molecule has 3 aromatic rings. The van der Waals surface area contributed by atoms with Crippen molar-refractivity contribution >= 4 is 5.91 Å². The zero-order valence-electron chi connectivity index (χ0n) is 15.4. The smallest absolute Gasteiger partial charge is 0.252 e. The fourth-order valence-electron chi connectivity index (χ4n) is 2.82. The Morgan fingerprint density at radius 2 is 1.54 bits per heavy atom. The molecule has 0 saturated heterocycles. The largest absolute Gasteiger partial charge is 0.272 e. The Balaban J connectivity index is 2.02. The lowest BCUT2D eigenvalue weighted by atomic mass is 9.95. The summed E-state index contributed by atoms with van der Waals surface area (Å²) >= 11 is 0. The topological polar surface area (TPSA) is 34.9 Å². The van der Waals surface area contributed by atoms with E-state index in [0.29, 0.717) is 24.1 Å². The molecule has 0 amide bonds. The summed E-state index contributed by atoms with van der Waals surface area (Å²) in [7, 11) is 0. The summed E-state index contributed by atoms with van der Waals surface area (Å²) in [5, 5.41) is 4.35. The van der Waals surface area contributed by atoms with Gasteiger partial charge in [0.15, 0.2) is 5.82 Å². The van der Waals surface area contributed by atoms with Gasteiger partial charge in [-0.2, -0.15) is 5.10 Å². The van der Waals surface area contributed by atoms with Crippen molar-refractivity contribution in [2.75, 3.05) is 0 Å². The van der Waals surface area contributed by atoms with Crippen LogP contribution in [0.4, 0.5) is 4.39 Å². The average Bonchev–Trinajstić information content (AvgIpc) is 2.96. The van der Waals surface area contributed by atoms with Crippen LogP contribution in [0.5, 0.6) is 0 Å². The van der Waals surface area contributed by atoms with Crippen LogP contribution in [-0.4, -0.2) is 15.7 Å². The molecule has 0 aliphatic carbocycles. The van der Waals surface area contributed by atoms with E-state index in [4.69, 9.17) is 0 Å². The third kappa shape index (κ3) is 3.74. The van der Waals surface area contributed by atoms with Crippen LogP contribution in [0, 0.1) is 11.2 Å². The highest BCUT2D eigenvalue weighted by atomic mass is 19.1. The third-order valence-electron chi connectivity index (χ3n) is 4.29. The minimum absolute atomic E-state index is 0.207. The molecular formula is C22H23FN2O. The van der Waals surface area contributed by atoms with Gasteiger partial charge in [0.25, 0.3) is 5.91 Å². The molecule has 26 heavy (non-hydrogen) atoms. The number of aromatic nitrogens is 2. The Morgan fingerprint density at radius 3 is 2.12 bits per heavy atom. The number of carbonyl (C=O) groups excluding carboxylic acids is 1. The fraction of sp³-hybridized carbons (Fsp3) is 0.273. The lowest BCUT2D eigenvalue weighted by Crippen LogP contribution is -2.29. The standard InChI is InChI=1S/C22H23FN2O/c1-22(2,3)21(26)25-18(15-14-16-10-6-4-7-11-16)19(23)20(24-25)17-12-8-5-9-13-17/h4-13H,14-15H2,1-3H3. The molecule has 4 heteroatoms. The van der Waals surface area contributed by atoms with Crippen LogP contribution < -0.4 is 0 Å². The van der Waals surface area contributed by atoms with Crippen LogP contribution in [0.25, 0.3) is 11.3 Å². The highest BCUT2D eigenvalue weighted by Gasteiger charge is 2.29. The molecule has 0 spiro atoms. The van der Waals surface area contributed by atoms with Gasteiger partial charge in [-0.25, -0.2) is 9.07 Å². The van der Waals surface area contributed by atoms with Gasteiger partial charge < -0.3 is 0 Å². The van der Waals surface area contributed by atoms with Crippen molar-refractivity contribution in [1.82, 2.24) is 9.78 Å². The van der Waals surface area contributed by atoms with Crippen LogP contribution >= 0.6 is 0 Å². The maximum Gasteiger partial charge on any atom is 0.252 e. The van der Waals surface area contributed by atoms with E-state index in [9.17, 15) is 4.79 Å². The summed E-state index contributed by atoms with van der Waals surface area (Å²) in [5.41, 5.74) is 1.70. The Hall–Kier alpha value is -2.75. The van der Waals surface area contributed by atoms with Gasteiger partial charge in [0.05, 0.1) is 5.69 Å². The van der Waals surface area contributed by atoms with Crippen molar-refractivity contribution in [3.63, 3.8) is 0 Å². The van der Waals surface area contributed by atoms with E-state index in [-0.39, 0.29) is 11.6 Å². The Bertz CT molecular complexity index is 893. The van der Waals surface area contributed by atoms with Crippen molar-refractivity contribution in [3.8, 4) is 11.3 Å². The number of halogens is 1. The van der Waals surface area contributed by atoms with Crippen LogP contribution in [0.3, 0.4) is 0 Å². The molecule has 0 radical (unpaired) electrons. The predicted octanol–water partition coefficient (Wildman–Crippen LogP) is 5.16. The summed E-state index contributed by atoms with van der Waals surface area (Å²) in [4.78, 5) is 12.8. The second-order valence-electron chi connectivity index (χ2n) is 7.43.